The van der Waals surface area contributed by atoms with Gasteiger partial charge < -0.3 is 10.6 Å². The lowest BCUT2D eigenvalue weighted by molar-refractivity contribution is 0.403. The average Bonchev–Trinajstić information content (AvgIpc) is 2.23. The van der Waals surface area contributed by atoms with Crippen LogP contribution in [0.3, 0.4) is 0 Å². The molecule has 2 rings (SSSR count). The van der Waals surface area contributed by atoms with Gasteiger partial charge in [-0.2, -0.15) is 4.98 Å². The zero-order valence-corrected chi connectivity index (χ0v) is 9.72. The second kappa shape index (κ2) is 4.33. The molecular formula is C9H13N3O3P+. The van der Waals surface area contributed by atoms with Gasteiger partial charge in [0.1, 0.15) is 5.82 Å². The van der Waals surface area contributed by atoms with Gasteiger partial charge in [0.2, 0.25) is 0 Å². The van der Waals surface area contributed by atoms with Gasteiger partial charge >= 0.3 is 8.25 Å². The second-order valence-electron chi connectivity index (χ2n) is 3.71. The van der Waals surface area contributed by atoms with Gasteiger partial charge in [-0.1, -0.05) is 0 Å². The lowest BCUT2D eigenvalue weighted by Crippen LogP contribution is -2.31. The highest BCUT2D eigenvalue weighted by molar-refractivity contribution is 7.32. The molecule has 0 saturated heterocycles. The van der Waals surface area contributed by atoms with Gasteiger partial charge in [0.25, 0.3) is 5.88 Å². The monoisotopic (exact) mass is 242 g/mol. The maximum Gasteiger partial charge on any atom is 0.749 e. The fourth-order valence-corrected chi connectivity index (χ4v) is 2.02. The highest BCUT2D eigenvalue weighted by Gasteiger charge is 2.24. The van der Waals surface area contributed by atoms with Crippen molar-refractivity contribution in [2.75, 3.05) is 18.5 Å². The van der Waals surface area contributed by atoms with E-state index in [4.69, 9.17) is 10.6 Å². The predicted molar refractivity (Wildman–Crippen MR) is 59.5 cm³/mol. The third-order valence-electron chi connectivity index (χ3n) is 2.59. The van der Waals surface area contributed by atoms with Crippen molar-refractivity contribution in [1.82, 2.24) is 4.98 Å². The Morgan fingerprint density at radius 2 is 2.44 bits per heavy atom. The Kier molecular flexibility index (Phi) is 3.05. The lowest BCUT2D eigenvalue weighted by atomic mass is 10.0. The topological polar surface area (TPSA) is 88.7 Å². The van der Waals surface area contributed by atoms with Crippen LogP contribution in [0.2, 0.25) is 0 Å². The number of hydrogen-bond acceptors (Lipinski definition) is 5. The van der Waals surface area contributed by atoms with Gasteiger partial charge in [-0.15, -0.1) is 4.89 Å². The Morgan fingerprint density at radius 1 is 1.69 bits per heavy atom. The predicted octanol–water partition coefficient (Wildman–Crippen LogP) is 0.950. The van der Waals surface area contributed by atoms with Crippen molar-refractivity contribution < 1.29 is 14.0 Å². The van der Waals surface area contributed by atoms with Crippen LogP contribution < -0.4 is 15.2 Å². The number of fused-ring (bicyclic) bond motifs is 1. The van der Waals surface area contributed by atoms with Crippen LogP contribution in [-0.2, 0) is 4.57 Å². The first-order valence-corrected chi connectivity index (χ1v) is 6.02. The zero-order chi connectivity index (χ0) is 11.7. The van der Waals surface area contributed by atoms with E-state index in [1.165, 1.54) is 0 Å². The van der Waals surface area contributed by atoms with Crippen molar-refractivity contribution in [3.63, 3.8) is 0 Å². The average molecular weight is 242 g/mol. The first-order chi connectivity index (χ1) is 7.58. The van der Waals surface area contributed by atoms with Crippen molar-refractivity contribution in [2.24, 2.45) is 5.73 Å². The molecule has 2 heterocycles. The number of anilines is 1. The molecule has 0 aliphatic carbocycles. The summed E-state index contributed by atoms with van der Waals surface area (Å²) < 4.78 is 15.2. The molecule has 0 spiro atoms. The molecule has 1 aromatic heterocycles. The fourth-order valence-electron chi connectivity index (χ4n) is 1.76. The molecule has 0 bridgehead atoms. The van der Waals surface area contributed by atoms with Crippen molar-refractivity contribution in [3.8, 4) is 5.88 Å². The molecule has 0 saturated carbocycles. The summed E-state index contributed by atoms with van der Waals surface area (Å²) in [6, 6.07) is 3.31. The van der Waals surface area contributed by atoms with E-state index in [-0.39, 0.29) is 11.9 Å². The van der Waals surface area contributed by atoms with E-state index in [2.05, 4.69) is 9.51 Å². The van der Waals surface area contributed by atoms with E-state index in [0.717, 1.165) is 18.5 Å². The van der Waals surface area contributed by atoms with Gasteiger partial charge in [-0.25, -0.2) is 4.52 Å². The molecular weight excluding hydrogens is 229 g/mol. The summed E-state index contributed by atoms with van der Waals surface area (Å²) in [4.78, 5) is 14.8. The molecule has 0 aromatic carbocycles. The van der Waals surface area contributed by atoms with Crippen LogP contribution in [-0.4, -0.2) is 23.5 Å². The molecule has 0 amide bonds. The zero-order valence-electron chi connectivity index (χ0n) is 8.83. The van der Waals surface area contributed by atoms with Gasteiger partial charge in [0.05, 0.1) is 0 Å². The quantitative estimate of drug-likeness (QED) is 0.750. The van der Waals surface area contributed by atoms with E-state index in [9.17, 15) is 4.57 Å². The summed E-state index contributed by atoms with van der Waals surface area (Å²) in [6.07, 6.45) is 0.875. The normalized spacial score (nSPS) is 20.3. The summed E-state index contributed by atoms with van der Waals surface area (Å²) in [5.41, 5.74) is 6.88. The van der Waals surface area contributed by atoms with Crippen LogP contribution in [0.5, 0.6) is 5.88 Å². The summed E-state index contributed by atoms with van der Waals surface area (Å²) in [5, 5.41) is 0. The molecule has 7 heteroatoms. The standard InChI is InChI=1S/C9H12N3O3P/c1-12-5-4-7(10)6-2-3-8(11-9(6)12)15-16(13)14/h2-3,7H,4-5,10H2,1H3/p+1. The molecule has 1 aromatic rings. The van der Waals surface area contributed by atoms with E-state index in [1.54, 1.807) is 12.1 Å². The number of hydrogen-bond donors (Lipinski definition) is 2. The first kappa shape index (κ1) is 11.3. The molecule has 16 heavy (non-hydrogen) atoms. The Hall–Kier alpha value is -1.23. The van der Waals surface area contributed by atoms with Crippen LogP contribution >= 0.6 is 8.25 Å². The van der Waals surface area contributed by atoms with Crippen LogP contribution in [0.25, 0.3) is 0 Å². The highest BCUT2D eigenvalue weighted by Crippen LogP contribution is 2.32. The Balaban J connectivity index is 2.36. The highest BCUT2D eigenvalue weighted by atomic mass is 31.1. The molecule has 86 valence electrons. The van der Waals surface area contributed by atoms with E-state index in [1.807, 2.05) is 11.9 Å². The minimum Gasteiger partial charge on any atom is -0.359 e. The number of nitrogens with zero attached hydrogens (tertiary/aromatic N) is 2. The minimum atomic E-state index is -2.68. The van der Waals surface area contributed by atoms with Gasteiger partial charge in [0, 0.05) is 35.8 Å². The molecule has 1 aliphatic heterocycles. The van der Waals surface area contributed by atoms with Crippen LogP contribution in [0.15, 0.2) is 12.1 Å². The third-order valence-corrected chi connectivity index (χ3v) is 2.93. The lowest BCUT2D eigenvalue weighted by Gasteiger charge is -2.29. The number of nitrogens with two attached hydrogens (primary N) is 1. The van der Waals surface area contributed by atoms with Crippen molar-refractivity contribution in [1.29, 1.82) is 0 Å². The summed E-state index contributed by atoms with van der Waals surface area (Å²) in [5.74, 6) is 0.858. The maximum absolute atomic E-state index is 10.5. The fraction of sp³-hybridized carbons (Fsp3) is 0.444. The molecule has 1 aliphatic rings. The summed E-state index contributed by atoms with van der Waals surface area (Å²) in [6.45, 7) is 0.815. The molecule has 0 fully saturated rings. The smallest absolute Gasteiger partial charge is 0.359 e. The third kappa shape index (κ3) is 2.14. The molecule has 0 radical (unpaired) electrons. The van der Waals surface area contributed by atoms with Crippen LogP contribution in [0.1, 0.15) is 18.0 Å². The van der Waals surface area contributed by atoms with E-state index in [0.29, 0.717) is 5.82 Å². The van der Waals surface area contributed by atoms with Crippen molar-refractivity contribution >= 4 is 14.1 Å². The second-order valence-corrected chi connectivity index (χ2v) is 4.37. The first-order valence-electron chi connectivity index (χ1n) is 4.89. The maximum atomic E-state index is 10.5. The largest absolute Gasteiger partial charge is 0.749 e. The minimum absolute atomic E-state index is 0.0318. The molecule has 2 atom stereocenters. The Morgan fingerprint density at radius 3 is 3.12 bits per heavy atom. The number of pyridine rings is 1. The Bertz CT molecular complexity index is 426. The van der Waals surface area contributed by atoms with Crippen LogP contribution in [0.4, 0.5) is 5.82 Å². The van der Waals surface area contributed by atoms with Crippen molar-refractivity contribution in [2.45, 2.75) is 12.5 Å². The number of aromatic nitrogens is 1. The summed E-state index contributed by atoms with van der Waals surface area (Å²) in [7, 11) is -0.774. The molecule has 3 N–H and O–H groups in total. The SMILES string of the molecule is CN1CCC(N)c2ccc(O[P+](=O)O)nc21. The van der Waals surface area contributed by atoms with Crippen LogP contribution in [0, 0.1) is 0 Å². The Labute approximate surface area is 94.0 Å². The van der Waals surface area contributed by atoms with Gasteiger partial charge in [-0.05, 0) is 12.5 Å². The number of rotatable bonds is 2. The van der Waals surface area contributed by atoms with Crippen molar-refractivity contribution in [3.05, 3.63) is 17.7 Å². The molecule has 6 nitrogen and oxygen atoms in total. The van der Waals surface area contributed by atoms with Gasteiger partial charge in [-0.3, -0.25) is 0 Å². The summed E-state index contributed by atoms with van der Waals surface area (Å²) >= 11 is 0. The van der Waals surface area contributed by atoms with E-state index >= 15 is 0 Å². The molecule has 2 unspecified atom stereocenters. The van der Waals surface area contributed by atoms with Gasteiger partial charge in [0.15, 0.2) is 0 Å². The van der Waals surface area contributed by atoms with E-state index < -0.39 is 8.25 Å².